The number of hydrogen-bond donors (Lipinski definition) is 0. The molecule has 2 aliphatic rings. The number of hydrogen-bond acceptors (Lipinski definition) is 1. The minimum atomic E-state index is 0.0246. The molecule has 0 spiro atoms. The van der Waals surface area contributed by atoms with E-state index in [4.69, 9.17) is 4.74 Å². The molecule has 2 unspecified atom stereocenters. The average Bonchev–Trinajstić information content (AvgIpc) is 3.18. The molecule has 2 aliphatic carbocycles. The molecule has 6 aromatic carbocycles. The van der Waals surface area contributed by atoms with Gasteiger partial charge in [0.15, 0.2) is 0 Å². The van der Waals surface area contributed by atoms with Crippen LogP contribution in [-0.2, 0) is 26.4 Å². The lowest BCUT2D eigenvalue weighted by Crippen LogP contribution is -2.33. The highest BCUT2D eigenvalue weighted by atomic mass is 16.5. The van der Waals surface area contributed by atoms with Crippen molar-refractivity contribution in [2.45, 2.75) is 142 Å². The van der Waals surface area contributed by atoms with Gasteiger partial charge < -0.3 is 4.74 Å². The molecule has 0 aliphatic heterocycles. The first-order valence-electron chi connectivity index (χ1n) is 21.1. The molecule has 0 saturated heterocycles. The van der Waals surface area contributed by atoms with E-state index in [9.17, 15) is 0 Å². The molecule has 55 heavy (non-hydrogen) atoms. The van der Waals surface area contributed by atoms with Gasteiger partial charge in [-0.2, -0.15) is 0 Å². The number of rotatable bonds is 8. The normalized spacial score (nSPS) is 19.1. The van der Waals surface area contributed by atoms with Crippen LogP contribution < -0.4 is 0 Å². The smallest absolute Gasteiger partial charge is 0.0830 e. The van der Waals surface area contributed by atoms with Crippen LogP contribution in [0.2, 0.25) is 0 Å². The van der Waals surface area contributed by atoms with Gasteiger partial charge in [-0.05, 0) is 162 Å². The van der Waals surface area contributed by atoms with Gasteiger partial charge >= 0.3 is 0 Å². The van der Waals surface area contributed by atoms with Gasteiger partial charge in [0.1, 0.15) is 0 Å². The first-order chi connectivity index (χ1) is 26.1. The van der Waals surface area contributed by atoms with Crippen molar-refractivity contribution in [2.24, 2.45) is 0 Å². The van der Waals surface area contributed by atoms with E-state index in [-0.39, 0.29) is 33.9 Å². The second kappa shape index (κ2) is 13.8. The Morgan fingerprint density at radius 2 is 0.691 bits per heavy atom. The van der Waals surface area contributed by atoms with E-state index in [1.165, 1.54) is 103 Å². The molecule has 0 bridgehead atoms. The Morgan fingerprint density at radius 1 is 0.382 bits per heavy atom. The molecule has 6 aromatic rings. The van der Waals surface area contributed by atoms with Crippen molar-refractivity contribution in [1.82, 2.24) is 0 Å². The van der Waals surface area contributed by atoms with Crippen molar-refractivity contribution in [3.63, 3.8) is 0 Å². The van der Waals surface area contributed by atoms with E-state index in [1.54, 1.807) is 0 Å². The molecule has 8 rings (SSSR count). The summed E-state index contributed by atoms with van der Waals surface area (Å²) < 4.78 is 6.98. The highest BCUT2D eigenvalue weighted by molar-refractivity contribution is 5.89. The van der Waals surface area contributed by atoms with Crippen molar-refractivity contribution in [3.05, 3.63) is 143 Å². The lowest BCUT2D eigenvalue weighted by molar-refractivity contribution is -0.0190. The van der Waals surface area contributed by atoms with Gasteiger partial charge in [-0.3, -0.25) is 0 Å². The fraction of sp³-hybridized carbons (Fsp3) is 0.407. The maximum absolute atomic E-state index is 6.98. The van der Waals surface area contributed by atoms with Crippen molar-refractivity contribution < 1.29 is 4.74 Å². The van der Waals surface area contributed by atoms with Gasteiger partial charge in [0.25, 0.3) is 0 Å². The summed E-state index contributed by atoms with van der Waals surface area (Å²) in [5.74, 6) is 0. The summed E-state index contributed by atoms with van der Waals surface area (Å²) in [5.41, 5.74) is 14.6. The van der Waals surface area contributed by atoms with E-state index in [2.05, 4.69) is 178 Å². The molecule has 0 aromatic heterocycles. The Bertz CT molecular complexity index is 2230. The number of ether oxygens (including phenoxy) is 1. The topological polar surface area (TPSA) is 9.23 Å². The third-order valence-electron chi connectivity index (χ3n) is 13.9. The minimum Gasteiger partial charge on any atom is -0.366 e. The van der Waals surface area contributed by atoms with Crippen molar-refractivity contribution in [1.29, 1.82) is 0 Å². The van der Waals surface area contributed by atoms with Crippen LogP contribution in [-0.4, -0.2) is 0 Å². The van der Waals surface area contributed by atoms with Crippen molar-refractivity contribution in [3.8, 4) is 22.3 Å². The summed E-state index contributed by atoms with van der Waals surface area (Å²) in [6, 6.07) is 42.2. The average molecular weight is 727 g/mol. The number of fused-ring (bicyclic) bond motifs is 4. The molecule has 0 radical (unpaired) electrons. The quantitative estimate of drug-likeness (QED) is 0.152. The fourth-order valence-corrected chi connectivity index (χ4v) is 9.84. The summed E-state index contributed by atoms with van der Waals surface area (Å²) >= 11 is 0. The summed E-state index contributed by atoms with van der Waals surface area (Å²) in [6.07, 6.45) is 6.83. The van der Waals surface area contributed by atoms with E-state index < -0.39 is 0 Å². The zero-order valence-electron chi connectivity index (χ0n) is 35.2. The largest absolute Gasteiger partial charge is 0.366 e. The van der Waals surface area contributed by atoms with Gasteiger partial charge in [0, 0.05) is 0 Å². The van der Waals surface area contributed by atoms with Gasteiger partial charge in [-0.15, -0.1) is 0 Å². The summed E-state index contributed by atoms with van der Waals surface area (Å²) in [4.78, 5) is 0. The molecule has 0 heterocycles. The Kier molecular flexibility index (Phi) is 9.44. The summed E-state index contributed by atoms with van der Waals surface area (Å²) in [5, 5.41) is 5.08. The lowest BCUT2D eigenvalue weighted by Gasteiger charge is -2.42. The summed E-state index contributed by atoms with van der Waals surface area (Å²) in [7, 11) is 0. The van der Waals surface area contributed by atoms with E-state index in [1.807, 2.05) is 0 Å². The van der Waals surface area contributed by atoms with Crippen LogP contribution >= 0.6 is 0 Å². The van der Waals surface area contributed by atoms with Crippen LogP contribution in [0.3, 0.4) is 0 Å². The first kappa shape index (κ1) is 37.7. The maximum Gasteiger partial charge on any atom is 0.0830 e. The first-order valence-corrected chi connectivity index (χ1v) is 21.1. The molecular weight excluding hydrogens is 665 g/mol. The SMILES string of the molecule is CCC(OC(CC)c1ccc2cc(-c3ccc4c(c3)C(C)(C)CCC4(C)C)ccc2c1)c1ccc2cc(-c3ccc4c(c3)C(C)(C)CCC4(C)C)ccc2c1. The highest BCUT2D eigenvalue weighted by Gasteiger charge is 2.38. The second-order valence-electron chi connectivity index (χ2n) is 19.6. The Hall–Kier alpha value is -4.20. The van der Waals surface area contributed by atoms with Crippen LogP contribution in [0.25, 0.3) is 43.8 Å². The van der Waals surface area contributed by atoms with E-state index in [0.717, 1.165) is 12.8 Å². The maximum atomic E-state index is 6.98. The van der Waals surface area contributed by atoms with Crippen LogP contribution in [0.15, 0.2) is 109 Å². The molecule has 0 N–H and O–H groups in total. The number of benzene rings is 6. The highest BCUT2D eigenvalue weighted by Crippen LogP contribution is 2.48. The van der Waals surface area contributed by atoms with Crippen LogP contribution in [0, 0.1) is 0 Å². The van der Waals surface area contributed by atoms with Crippen LogP contribution in [0.5, 0.6) is 0 Å². The standard InChI is InChI=1S/C54H62O/c1-11-49(43-19-17-35-29-37(13-15-39(35)31-43)41-21-23-45-47(33-41)53(7,8)27-25-51(45,3)4)55-50(12-2)44-20-18-36-30-38(14-16-40(36)32-44)42-22-24-46-48(34-42)54(9,10)28-26-52(46,5)6/h13-24,29-34,49-50H,11-12,25-28H2,1-10H3. The van der Waals surface area contributed by atoms with E-state index in [0.29, 0.717) is 0 Å². The van der Waals surface area contributed by atoms with Gasteiger partial charge in [-0.25, -0.2) is 0 Å². The fourth-order valence-electron chi connectivity index (χ4n) is 9.84. The Morgan fingerprint density at radius 3 is 1.07 bits per heavy atom. The Balaban J connectivity index is 1.02. The zero-order chi connectivity index (χ0) is 38.9. The van der Waals surface area contributed by atoms with Gasteiger partial charge in [0.05, 0.1) is 12.2 Å². The molecule has 1 heteroatoms. The molecule has 1 nitrogen and oxygen atoms in total. The molecule has 284 valence electrons. The summed E-state index contributed by atoms with van der Waals surface area (Å²) in [6.45, 7) is 23.7. The molecule has 0 amide bonds. The zero-order valence-corrected chi connectivity index (χ0v) is 35.2. The lowest BCUT2D eigenvalue weighted by atomic mass is 9.63. The van der Waals surface area contributed by atoms with Crippen molar-refractivity contribution >= 4 is 21.5 Å². The molecule has 0 saturated carbocycles. The van der Waals surface area contributed by atoms with Crippen molar-refractivity contribution in [2.75, 3.05) is 0 Å². The Labute approximate surface area is 331 Å². The van der Waals surface area contributed by atoms with Crippen LogP contribution in [0.1, 0.15) is 153 Å². The molecular formula is C54H62O. The molecule has 0 fully saturated rings. The van der Waals surface area contributed by atoms with Gasteiger partial charge in [-0.1, -0.05) is 154 Å². The minimum absolute atomic E-state index is 0.0246. The third kappa shape index (κ3) is 6.97. The van der Waals surface area contributed by atoms with Gasteiger partial charge in [0.2, 0.25) is 0 Å². The monoisotopic (exact) mass is 726 g/mol. The second-order valence-corrected chi connectivity index (χ2v) is 19.6. The predicted octanol–water partition coefficient (Wildman–Crippen LogP) is 15.6. The van der Waals surface area contributed by atoms with E-state index >= 15 is 0 Å². The third-order valence-corrected chi connectivity index (χ3v) is 13.9. The van der Waals surface area contributed by atoms with Crippen LogP contribution in [0.4, 0.5) is 0 Å². The molecule has 2 atom stereocenters. The predicted molar refractivity (Wildman–Crippen MR) is 236 cm³/mol.